The third-order valence-electron chi connectivity index (χ3n) is 3.63. The molecule has 2 heteroatoms. The predicted molar refractivity (Wildman–Crippen MR) is 54.8 cm³/mol. The smallest absolute Gasteiger partial charge is 0.0800 e. The number of rotatable bonds is 0. The molecule has 0 amide bonds. The lowest BCUT2D eigenvalue weighted by Gasteiger charge is -2.39. The molecular weight excluding hydrogens is 214 g/mol. The molecule has 1 heterocycles. The number of piperidine rings is 1. The van der Waals surface area contributed by atoms with Crippen molar-refractivity contribution in [3.8, 4) is 0 Å². The molecule has 0 spiro atoms. The first kappa shape index (κ1) is 9.01. The van der Waals surface area contributed by atoms with Gasteiger partial charge in [-0.15, -0.1) is 0 Å². The molecule has 70 valence electrons. The second kappa shape index (κ2) is 3.67. The third-order valence-corrected chi connectivity index (χ3v) is 4.46. The molecule has 4 atom stereocenters. The number of hydrogen-bond acceptors (Lipinski definition) is 0. The summed E-state index contributed by atoms with van der Waals surface area (Å²) in [4.78, 5) is 2.58. The standard InChI is InChI=1S/C10H18BrN/c1-12-5-4-8-6-10(11)3-2-9(8)7-12/h8-10H,2-7H2,1H3/p+1. The SMILES string of the molecule is C[NH+]1CCC2CC(Br)CCC2C1. The van der Waals surface area contributed by atoms with Crippen molar-refractivity contribution in [1.29, 1.82) is 0 Å². The Morgan fingerprint density at radius 2 is 2.00 bits per heavy atom. The highest BCUT2D eigenvalue weighted by Gasteiger charge is 2.34. The fourth-order valence-corrected chi connectivity index (χ4v) is 3.62. The summed E-state index contributed by atoms with van der Waals surface area (Å²) >= 11 is 3.76. The Bertz CT molecular complexity index is 142. The summed E-state index contributed by atoms with van der Waals surface area (Å²) in [6, 6.07) is 0. The van der Waals surface area contributed by atoms with Gasteiger partial charge in [-0.05, 0) is 31.6 Å². The normalized spacial score (nSPS) is 48.5. The van der Waals surface area contributed by atoms with Gasteiger partial charge in [-0.2, -0.15) is 0 Å². The van der Waals surface area contributed by atoms with Crippen LogP contribution in [0.1, 0.15) is 25.7 Å². The van der Waals surface area contributed by atoms with E-state index in [4.69, 9.17) is 0 Å². The second-order valence-corrected chi connectivity index (χ2v) is 5.93. The molecule has 1 nitrogen and oxygen atoms in total. The van der Waals surface area contributed by atoms with E-state index in [2.05, 4.69) is 23.0 Å². The van der Waals surface area contributed by atoms with E-state index in [1.54, 1.807) is 4.90 Å². The Balaban J connectivity index is 1.94. The number of quaternary nitrogens is 1. The van der Waals surface area contributed by atoms with Crippen LogP contribution >= 0.6 is 15.9 Å². The van der Waals surface area contributed by atoms with Crippen molar-refractivity contribution >= 4 is 15.9 Å². The Labute approximate surface area is 83.6 Å². The van der Waals surface area contributed by atoms with Crippen LogP contribution in [0.3, 0.4) is 0 Å². The van der Waals surface area contributed by atoms with E-state index in [1.165, 1.54) is 38.8 Å². The maximum absolute atomic E-state index is 3.76. The van der Waals surface area contributed by atoms with Crippen LogP contribution in [-0.4, -0.2) is 25.0 Å². The molecule has 0 aromatic carbocycles. The molecule has 1 aliphatic heterocycles. The van der Waals surface area contributed by atoms with Crippen LogP contribution in [0.15, 0.2) is 0 Å². The van der Waals surface area contributed by atoms with E-state index in [9.17, 15) is 0 Å². The van der Waals surface area contributed by atoms with Gasteiger partial charge >= 0.3 is 0 Å². The van der Waals surface area contributed by atoms with E-state index in [-0.39, 0.29) is 0 Å². The van der Waals surface area contributed by atoms with Crippen molar-refractivity contribution in [2.45, 2.75) is 30.5 Å². The van der Waals surface area contributed by atoms with Crippen molar-refractivity contribution in [3.63, 3.8) is 0 Å². The van der Waals surface area contributed by atoms with Crippen LogP contribution in [0.25, 0.3) is 0 Å². The van der Waals surface area contributed by atoms with Gasteiger partial charge in [0.25, 0.3) is 0 Å². The predicted octanol–water partition coefficient (Wildman–Crippen LogP) is 1.08. The first-order chi connectivity index (χ1) is 5.75. The van der Waals surface area contributed by atoms with Crippen LogP contribution < -0.4 is 4.90 Å². The van der Waals surface area contributed by atoms with Crippen molar-refractivity contribution in [2.75, 3.05) is 20.1 Å². The molecule has 12 heavy (non-hydrogen) atoms. The van der Waals surface area contributed by atoms with Crippen molar-refractivity contribution in [2.24, 2.45) is 11.8 Å². The van der Waals surface area contributed by atoms with Gasteiger partial charge in [0.15, 0.2) is 0 Å². The minimum atomic E-state index is 0.831. The maximum atomic E-state index is 3.76. The summed E-state index contributed by atoms with van der Waals surface area (Å²) in [5, 5.41) is 0. The summed E-state index contributed by atoms with van der Waals surface area (Å²) in [5.74, 6) is 2.10. The van der Waals surface area contributed by atoms with Gasteiger partial charge in [0.05, 0.1) is 20.1 Å². The highest BCUT2D eigenvalue weighted by molar-refractivity contribution is 9.09. The molecule has 1 saturated carbocycles. The molecule has 1 saturated heterocycles. The topological polar surface area (TPSA) is 4.44 Å². The molecule has 1 N–H and O–H groups in total. The quantitative estimate of drug-likeness (QED) is 0.597. The van der Waals surface area contributed by atoms with Crippen LogP contribution in [0.5, 0.6) is 0 Å². The van der Waals surface area contributed by atoms with Crippen molar-refractivity contribution < 1.29 is 4.90 Å². The average Bonchev–Trinajstić information content (AvgIpc) is 2.05. The largest absolute Gasteiger partial charge is 0.337 e. The Morgan fingerprint density at radius 3 is 2.83 bits per heavy atom. The van der Waals surface area contributed by atoms with Gasteiger partial charge in [-0.3, -0.25) is 0 Å². The number of nitrogens with one attached hydrogen (secondary N) is 1. The summed E-state index contributed by atoms with van der Waals surface area (Å²) < 4.78 is 0. The lowest BCUT2D eigenvalue weighted by Crippen LogP contribution is -3.11. The first-order valence-electron chi connectivity index (χ1n) is 5.21. The lowest BCUT2D eigenvalue weighted by atomic mass is 9.75. The highest BCUT2D eigenvalue weighted by atomic mass is 79.9. The first-order valence-corrected chi connectivity index (χ1v) is 6.12. The van der Waals surface area contributed by atoms with Gasteiger partial charge in [0, 0.05) is 10.7 Å². The van der Waals surface area contributed by atoms with Crippen LogP contribution in [-0.2, 0) is 0 Å². The fraction of sp³-hybridized carbons (Fsp3) is 1.00. The zero-order valence-corrected chi connectivity index (χ0v) is 9.44. The van der Waals surface area contributed by atoms with Crippen LogP contribution in [0.4, 0.5) is 0 Å². The molecule has 0 aromatic rings. The van der Waals surface area contributed by atoms with Gasteiger partial charge in [-0.25, -0.2) is 0 Å². The highest BCUT2D eigenvalue weighted by Crippen LogP contribution is 2.35. The summed E-state index contributed by atoms with van der Waals surface area (Å²) in [6.07, 6.45) is 5.79. The van der Waals surface area contributed by atoms with E-state index < -0.39 is 0 Å². The molecule has 1 aliphatic carbocycles. The summed E-state index contributed by atoms with van der Waals surface area (Å²) in [6.45, 7) is 2.84. The monoisotopic (exact) mass is 232 g/mol. The van der Waals surface area contributed by atoms with Gasteiger partial charge in [0.2, 0.25) is 0 Å². The Kier molecular flexibility index (Phi) is 2.75. The Morgan fingerprint density at radius 1 is 1.17 bits per heavy atom. The van der Waals surface area contributed by atoms with E-state index >= 15 is 0 Å². The van der Waals surface area contributed by atoms with Gasteiger partial charge < -0.3 is 4.90 Å². The number of hydrogen-bond donors (Lipinski definition) is 1. The van der Waals surface area contributed by atoms with Gasteiger partial charge in [0.1, 0.15) is 0 Å². The average molecular weight is 233 g/mol. The van der Waals surface area contributed by atoms with Crippen molar-refractivity contribution in [3.05, 3.63) is 0 Å². The molecule has 2 aliphatic rings. The van der Waals surface area contributed by atoms with E-state index in [1.807, 2.05) is 0 Å². The number of halogens is 1. The van der Waals surface area contributed by atoms with Crippen molar-refractivity contribution in [1.82, 2.24) is 0 Å². The summed E-state index contributed by atoms with van der Waals surface area (Å²) in [5.41, 5.74) is 0. The third kappa shape index (κ3) is 1.85. The molecule has 0 bridgehead atoms. The second-order valence-electron chi connectivity index (χ2n) is 4.63. The zero-order valence-electron chi connectivity index (χ0n) is 7.85. The Hall–Kier alpha value is 0.440. The molecule has 2 rings (SSSR count). The summed E-state index contributed by atoms with van der Waals surface area (Å²) in [7, 11) is 2.34. The fourth-order valence-electron chi connectivity index (χ4n) is 2.87. The van der Waals surface area contributed by atoms with E-state index in [0.717, 1.165) is 16.7 Å². The van der Waals surface area contributed by atoms with Crippen LogP contribution in [0.2, 0.25) is 0 Å². The minimum absolute atomic E-state index is 0.831. The lowest BCUT2D eigenvalue weighted by molar-refractivity contribution is -0.890. The van der Waals surface area contributed by atoms with E-state index in [0.29, 0.717) is 0 Å². The molecule has 0 radical (unpaired) electrons. The molecular formula is C10H19BrN+. The number of alkyl halides is 1. The van der Waals surface area contributed by atoms with Gasteiger partial charge in [-0.1, -0.05) is 15.9 Å². The van der Waals surface area contributed by atoms with Crippen LogP contribution in [0, 0.1) is 11.8 Å². The molecule has 0 aromatic heterocycles. The number of fused-ring (bicyclic) bond motifs is 1. The number of likely N-dealkylation sites (tertiary alicyclic amines) is 1. The minimum Gasteiger partial charge on any atom is -0.337 e. The molecule has 4 unspecified atom stereocenters. The zero-order chi connectivity index (χ0) is 8.55. The molecule has 2 fully saturated rings. The maximum Gasteiger partial charge on any atom is 0.0800 e.